The zero-order valence-electron chi connectivity index (χ0n) is 14.6. The molecule has 2 rings (SSSR count). The number of hydrogen-bond donors (Lipinski definition) is 2. The van der Waals surface area contributed by atoms with Crippen LogP contribution in [0.1, 0.15) is 27.7 Å². The SMILES string of the molecule is CCOc1ncccc1NC(=O)NC(Cn1ccnc1)C(C)(C)C. The topological polar surface area (TPSA) is 81.1 Å². The number of carbonyl (C=O) groups is 1. The summed E-state index contributed by atoms with van der Waals surface area (Å²) in [4.78, 5) is 20.6. The molecule has 0 aliphatic rings. The molecule has 0 fully saturated rings. The van der Waals surface area contributed by atoms with Crippen LogP contribution < -0.4 is 15.4 Å². The van der Waals surface area contributed by atoms with Gasteiger partial charge in [0.05, 0.1) is 19.0 Å². The maximum atomic E-state index is 12.4. The number of imidazole rings is 1. The second-order valence-electron chi connectivity index (χ2n) is 6.57. The van der Waals surface area contributed by atoms with Crippen molar-refractivity contribution >= 4 is 11.7 Å². The van der Waals surface area contributed by atoms with Gasteiger partial charge in [0.25, 0.3) is 0 Å². The number of aromatic nitrogens is 3. The first-order valence-electron chi connectivity index (χ1n) is 8.01. The third-order valence-corrected chi connectivity index (χ3v) is 3.60. The molecule has 2 N–H and O–H groups in total. The van der Waals surface area contributed by atoms with E-state index in [1.165, 1.54) is 0 Å². The van der Waals surface area contributed by atoms with Crippen molar-refractivity contribution < 1.29 is 9.53 Å². The minimum atomic E-state index is -0.288. The van der Waals surface area contributed by atoms with Gasteiger partial charge in [-0.2, -0.15) is 0 Å². The van der Waals surface area contributed by atoms with Gasteiger partial charge in [-0.3, -0.25) is 0 Å². The molecule has 0 spiro atoms. The Balaban J connectivity index is 2.05. The lowest BCUT2D eigenvalue weighted by Gasteiger charge is -2.31. The van der Waals surface area contributed by atoms with Gasteiger partial charge in [-0.15, -0.1) is 0 Å². The van der Waals surface area contributed by atoms with Gasteiger partial charge < -0.3 is 19.9 Å². The fourth-order valence-corrected chi connectivity index (χ4v) is 2.20. The first-order valence-corrected chi connectivity index (χ1v) is 8.01. The Bertz CT molecular complexity index is 649. The van der Waals surface area contributed by atoms with Crippen molar-refractivity contribution in [2.75, 3.05) is 11.9 Å². The molecule has 7 nitrogen and oxygen atoms in total. The second-order valence-corrected chi connectivity index (χ2v) is 6.57. The quantitative estimate of drug-likeness (QED) is 0.853. The molecule has 0 aliphatic carbocycles. The van der Waals surface area contributed by atoms with E-state index in [9.17, 15) is 4.79 Å². The van der Waals surface area contributed by atoms with Crippen LogP contribution in [-0.2, 0) is 6.54 Å². The fraction of sp³-hybridized carbons (Fsp3) is 0.471. The van der Waals surface area contributed by atoms with Gasteiger partial charge in [-0.05, 0) is 24.5 Å². The van der Waals surface area contributed by atoms with Crippen molar-refractivity contribution in [3.8, 4) is 5.88 Å². The summed E-state index contributed by atoms with van der Waals surface area (Å²) in [5.74, 6) is 0.414. The highest BCUT2D eigenvalue weighted by atomic mass is 16.5. The second kappa shape index (κ2) is 7.81. The smallest absolute Gasteiger partial charge is 0.319 e. The molecular weight excluding hydrogens is 306 g/mol. The number of nitrogens with zero attached hydrogens (tertiary/aromatic N) is 3. The number of nitrogens with one attached hydrogen (secondary N) is 2. The number of rotatable bonds is 6. The Labute approximate surface area is 142 Å². The van der Waals surface area contributed by atoms with Crippen molar-refractivity contribution in [3.63, 3.8) is 0 Å². The summed E-state index contributed by atoms with van der Waals surface area (Å²) >= 11 is 0. The predicted molar refractivity (Wildman–Crippen MR) is 93.0 cm³/mol. The van der Waals surface area contributed by atoms with E-state index in [0.29, 0.717) is 24.7 Å². The standard InChI is InChI=1S/C17H25N5O2/c1-5-24-15-13(7-6-8-19-15)20-16(23)21-14(17(2,3)4)11-22-10-9-18-12-22/h6-10,12,14H,5,11H2,1-4H3,(H2,20,21,23). The van der Waals surface area contributed by atoms with E-state index in [0.717, 1.165) is 0 Å². The van der Waals surface area contributed by atoms with E-state index in [1.54, 1.807) is 30.9 Å². The maximum absolute atomic E-state index is 12.4. The number of urea groups is 1. The zero-order chi connectivity index (χ0) is 17.6. The zero-order valence-corrected chi connectivity index (χ0v) is 14.6. The van der Waals surface area contributed by atoms with Crippen LogP contribution in [0.2, 0.25) is 0 Å². The minimum absolute atomic E-state index is 0.0704. The average Bonchev–Trinajstić information content (AvgIpc) is 3.01. The summed E-state index contributed by atoms with van der Waals surface area (Å²) in [7, 11) is 0. The predicted octanol–water partition coefficient (Wildman–Crippen LogP) is 2.91. The number of hydrogen-bond acceptors (Lipinski definition) is 4. The minimum Gasteiger partial charge on any atom is -0.476 e. The molecule has 0 aliphatic heterocycles. The molecule has 0 saturated heterocycles. The molecule has 7 heteroatoms. The Morgan fingerprint density at radius 2 is 2.17 bits per heavy atom. The summed E-state index contributed by atoms with van der Waals surface area (Å²) in [5, 5.41) is 5.85. The number of pyridine rings is 1. The summed E-state index contributed by atoms with van der Waals surface area (Å²) in [6, 6.07) is 3.16. The molecule has 2 amide bonds. The molecule has 0 bridgehead atoms. The van der Waals surface area contributed by atoms with Gasteiger partial charge in [0.2, 0.25) is 5.88 Å². The molecule has 1 unspecified atom stereocenters. The maximum Gasteiger partial charge on any atom is 0.319 e. The van der Waals surface area contributed by atoms with Crippen molar-refractivity contribution in [2.45, 2.75) is 40.3 Å². The van der Waals surface area contributed by atoms with Gasteiger partial charge in [0, 0.05) is 25.1 Å². The molecule has 0 saturated carbocycles. The summed E-state index contributed by atoms with van der Waals surface area (Å²) in [6.07, 6.45) is 6.98. The van der Waals surface area contributed by atoms with E-state index in [2.05, 4.69) is 41.4 Å². The molecule has 24 heavy (non-hydrogen) atoms. The molecule has 130 valence electrons. The molecule has 2 aromatic heterocycles. The van der Waals surface area contributed by atoms with Crippen LogP contribution in [0, 0.1) is 5.41 Å². The summed E-state index contributed by atoms with van der Waals surface area (Å²) in [6.45, 7) is 9.26. The van der Waals surface area contributed by atoms with Gasteiger partial charge in [0.1, 0.15) is 5.69 Å². The Kier molecular flexibility index (Phi) is 5.78. The van der Waals surface area contributed by atoms with E-state index in [-0.39, 0.29) is 17.5 Å². The molecule has 2 aromatic rings. The van der Waals surface area contributed by atoms with E-state index in [1.807, 2.05) is 17.7 Å². The van der Waals surface area contributed by atoms with Gasteiger partial charge >= 0.3 is 6.03 Å². The molecular formula is C17H25N5O2. The molecule has 0 aromatic carbocycles. The van der Waals surface area contributed by atoms with Crippen LogP contribution >= 0.6 is 0 Å². The fourth-order valence-electron chi connectivity index (χ4n) is 2.20. The first kappa shape index (κ1) is 17.8. The van der Waals surface area contributed by atoms with Crippen LogP contribution in [0.15, 0.2) is 37.1 Å². The number of amides is 2. The number of anilines is 1. The average molecular weight is 331 g/mol. The van der Waals surface area contributed by atoms with Crippen molar-refractivity contribution in [1.82, 2.24) is 19.9 Å². The van der Waals surface area contributed by atoms with Crippen LogP contribution in [0.4, 0.5) is 10.5 Å². The number of carbonyl (C=O) groups excluding carboxylic acids is 1. The van der Waals surface area contributed by atoms with Crippen molar-refractivity contribution in [1.29, 1.82) is 0 Å². The first-order chi connectivity index (χ1) is 11.4. The summed E-state index contributed by atoms with van der Waals surface area (Å²) in [5.41, 5.74) is 0.436. The third kappa shape index (κ3) is 4.97. The van der Waals surface area contributed by atoms with Crippen LogP contribution in [0.5, 0.6) is 5.88 Å². The van der Waals surface area contributed by atoms with Crippen LogP contribution in [0.3, 0.4) is 0 Å². The normalized spacial score (nSPS) is 12.5. The van der Waals surface area contributed by atoms with E-state index < -0.39 is 0 Å². The Morgan fingerprint density at radius 1 is 1.38 bits per heavy atom. The molecule has 1 atom stereocenters. The Hall–Kier alpha value is -2.57. The van der Waals surface area contributed by atoms with Crippen LogP contribution in [-0.4, -0.2) is 33.2 Å². The summed E-state index contributed by atoms with van der Waals surface area (Å²) < 4.78 is 7.38. The largest absolute Gasteiger partial charge is 0.476 e. The lowest BCUT2D eigenvalue weighted by molar-refractivity contribution is 0.218. The highest BCUT2D eigenvalue weighted by Gasteiger charge is 2.27. The highest BCUT2D eigenvalue weighted by molar-refractivity contribution is 5.90. The number of ether oxygens (including phenoxy) is 1. The third-order valence-electron chi connectivity index (χ3n) is 3.60. The van der Waals surface area contributed by atoms with Crippen molar-refractivity contribution in [2.24, 2.45) is 5.41 Å². The molecule has 0 radical (unpaired) electrons. The van der Waals surface area contributed by atoms with Crippen molar-refractivity contribution in [3.05, 3.63) is 37.1 Å². The van der Waals surface area contributed by atoms with Gasteiger partial charge in [-0.25, -0.2) is 14.8 Å². The Morgan fingerprint density at radius 3 is 2.79 bits per heavy atom. The van der Waals surface area contributed by atoms with E-state index >= 15 is 0 Å². The monoisotopic (exact) mass is 331 g/mol. The lowest BCUT2D eigenvalue weighted by Crippen LogP contribution is -2.47. The van der Waals surface area contributed by atoms with E-state index in [4.69, 9.17) is 4.74 Å². The van der Waals surface area contributed by atoms with Gasteiger partial charge in [0.15, 0.2) is 0 Å². The van der Waals surface area contributed by atoms with Crippen LogP contribution in [0.25, 0.3) is 0 Å². The lowest BCUT2D eigenvalue weighted by atomic mass is 9.86. The molecule has 2 heterocycles. The highest BCUT2D eigenvalue weighted by Crippen LogP contribution is 2.23. The van der Waals surface area contributed by atoms with Gasteiger partial charge in [-0.1, -0.05) is 20.8 Å².